The van der Waals surface area contributed by atoms with E-state index in [0.717, 1.165) is 18.4 Å². The number of rotatable bonds is 5. The molecule has 110 valence electrons. The van der Waals surface area contributed by atoms with Gasteiger partial charge in [0.15, 0.2) is 0 Å². The maximum atomic E-state index is 13.1. The third-order valence-electron chi connectivity index (χ3n) is 4.34. The van der Waals surface area contributed by atoms with Crippen LogP contribution in [0.4, 0.5) is 4.39 Å². The van der Waals surface area contributed by atoms with Crippen LogP contribution in [0, 0.1) is 5.82 Å². The topological polar surface area (TPSA) is 55.1 Å². The summed E-state index contributed by atoms with van der Waals surface area (Å²) in [6.07, 6.45) is 6.31. The SMILES string of the molecule is CCC(NC1CCCCC1)(C(N)=O)c1ccc(F)cc1. The highest BCUT2D eigenvalue weighted by molar-refractivity contribution is 5.86. The van der Waals surface area contributed by atoms with E-state index in [2.05, 4.69) is 5.32 Å². The fourth-order valence-corrected chi connectivity index (χ4v) is 3.11. The molecule has 1 saturated carbocycles. The molecule has 0 bridgehead atoms. The summed E-state index contributed by atoms with van der Waals surface area (Å²) in [5, 5.41) is 3.46. The minimum atomic E-state index is -0.893. The van der Waals surface area contributed by atoms with Crippen LogP contribution in [0.2, 0.25) is 0 Å². The second-order valence-corrected chi connectivity index (χ2v) is 5.61. The Morgan fingerprint density at radius 2 is 1.90 bits per heavy atom. The van der Waals surface area contributed by atoms with Crippen molar-refractivity contribution in [3.8, 4) is 0 Å². The molecular weight excluding hydrogens is 255 g/mol. The summed E-state index contributed by atoms with van der Waals surface area (Å²) in [4.78, 5) is 12.1. The van der Waals surface area contributed by atoms with Gasteiger partial charge in [-0.1, -0.05) is 38.3 Å². The number of nitrogens with two attached hydrogens (primary N) is 1. The summed E-state index contributed by atoms with van der Waals surface area (Å²) in [7, 11) is 0. The summed E-state index contributed by atoms with van der Waals surface area (Å²) < 4.78 is 13.1. The van der Waals surface area contributed by atoms with Crippen molar-refractivity contribution in [1.82, 2.24) is 5.32 Å². The van der Waals surface area contributed by atoms with Crippen LogP contribution < -0.4 is 11.1 Å². The lowest BCUT2D eigenvalue weighted by Gasteiger charge is -2.37. The molecule has 1 unspecified atom stereocenters. The molecule has 4 heteroatoms. The monoisotopic (exact) mass is 278 g/mol. The Hall–Kier alpha value is -1.42. The van der Waals surface area contributed by atoms with E-state index < -0.39 is 11.4 Å². The molecule has 1 amide bonds. The molecule has 1 aromatic rings. The van der Waals surface area contributed by atoms with Crippen LogP contribution in [-0.4, -0.2) is 11.9 Å². The fraction of sp³-hybridized carbons (Fsp3) is 0.562. The number of benzene rings is 1. The molecule has 0 heterocycles. The van der Waals surface area contributed by atoms with Crippen LogP contribution in [0.15, 0.2) is 24.3 Å². The number of nitrogens with one attached hydrogen (secondary N) is 1. The van der Waals surface area contributed by atoms with Gasteiger partial charge in [0, 0.05) is 6.04 Å². The standard InChI is InChI=1S/C16H23FN2O/c1-2-16(15(18)20,12-8-10-13(17)11-9-12)19-14-6-4-3-5-7-14/h8-11,14,19H,2-7H2,1H3,(H2,18,20). The van der Waals surface area contributed by atoms with E-state index >= 15 is 0 Å². The van der Waals surface area contributed by atoms with Gasteiger partial charge >= 0.3 is 0 Å². The van der Waals surface area contributed by atoms with E-state index in [1.807, 2.05) is 6.92 Å². The van der Waals surface area contributed by atoms with Crippen molar-refractivity contribution in [2.75, 3.05) is 0 Å². The van der Waals surface area contributed by atoms with Crippen molar-refractivity contribution in [3.05, 3.63) is 35.6 Å². The van der Waals surface area contributed by atoms with Gasteiger partial charge in [-0.05, 0) is 37.0 Å². The summed E-state index contributed by atoms with van der Waals surface area (Å²) in [5.41, 5.74) is 5.53. The lowest BCUT2D eigenvalue weighted by Crippen LogP contribution is -2.56. The quantitative estimate of drug-likeness (QED) is 0.870. The number of primary amides is 1. The van der Waals surface area contributed by atoms with Crippen molar-refractivity contribution in [2.45, 2.75) is 57.0 Å². The third-order valence-corrected chi connectivity index (χ3v) is 4.34. The maximum Gasteiger partial charge on any atom is 0.242 e. The van der Waals surface area contributed by atoms with E-state index in [-0.39, 0.29) is 5.82 Å². The molecule has 1 aliphatic carbocycles. The van der Waals surface area contributed by atoms with Crippen molar-refractivity contribution in [2.24, 2.45) is 5.73 Å². The van der Waals surface area contributed by atoms with Crippen molar-refractivity contribution in [3.63, 3.8) is 0 Å². The zero-order valence-electron chi connectivity index (χ0n) is 12.0. The fourth-order valence-electron chi connectivity index (χ4n) is 3.11. The van der Waals surface area contributed by atoms with Crippen molar-refractivity contribution < 1.29 is 9.18 Å². The van der Waals surface area contributed by atoms with Gasteiger partial charge in [-0.25, -0.2) is 4.39 Å². The van der Waals surface area contributed by atoms with Crippen LogP contribution in [-0.2, 0) is 10.3 Å². The Kier molecular flexibility index (Phi) is 4.76. The van der Waals surface area contributed by atoms with Gasteiger partial charge in [-0.2, -0.15) is 0 Å². The van der Waals surface area contributed by atoms with Gasteiger partial charge in [0.1, 0.15) is 11.4 Å². The zero-order valence-corrected chi connectivity index (χ0v) is 12.0. The normalized spacial score (nSPS) is 19.5. The van der Waals surface area contributed by atoms with Crippen LogP contribution in [0.25, 0.3) is 0 Å². The molecule has 3 nitrogen and oxygen atoms in total. The molecule has 1 aliphatic rings. The van der Waals surface area contributed by atoms with Gasteiger partial charge in [0.2, 0.25) is 5.91 Å². The molecule has 0 aromatic heterocycles. The number of halogens is 1. The minimum Gasteiger partial charge on any atom is -0.368 e. The molecule has 3 N–H and O–H groups in total. The molecule has 1 fully saturated rings. The maximum absolute atomic E-state index is 13.1. The van der Waals surface area contributed by atoms with Gasteiger partial charge < -0.3 is 5.73 Å². The van der Waals surface area contributed by atoms with Crippen LogP contribution in [0.1, 0.15) is 51.0 Å². The third kappa shape index (κ3) is 3.01. The first-order valence-corrected chi connectivity index (χ1v) is 7.42. The molecule has 0 aliphatic heterocycles. The van der Waals surface area contributed by atoms with Crippen LogP contribution in [0.3, 0.4) is 0 Å². The number of carbonyl (C=O) groups is 1. The van der Waals surface area contributed by atoms with E-state index in [4.69, 9.17) is 5.73 Å². The van der Waals surface area contributed by atoms with Gasteiger partial charge in [-0.3, -0.25) is 10.1 Å². The Balaban J connectivity index is 2.28. The van der Waals surface area contributed by atoms with Gasteiger partial charge in [0.25, 0.3) is 0 Å². The molecule has 0 radical (unpaired) electrons. The second kappa shape index (κ2) is 6.35. The largest absolute Gasteiger partial charge is 0.368 e. The Labute approximate surface area is 119 Å². The number of carbonyl (C=O) groups excluding carboxylic acids is 1. The van der Waals surface area contributed by atoms with E-state index in [0.29, 0.717) is 12.5 Å². The molecule has 0 saturated heterocycles. The second-order valence-electron chi connectivity index (χ2n) is 5.61. The van der Waals surface area contributed by atoms with Crippen LogP contribution in [0.5, 0.6) is 0 Å². The molecule has 2 rings (SSSR count). The summed E-state index contributed by atoms with van der Waals surface area (Å²) >= 11 is 0. The summed E-state index contributed by atoms with van der Waals surface area (Å²) in [5.74, 6) is -0.696. The Morgan fingerprint density at radius 3 is 2.40 bits per heavy atom. The first-order chi connectivity index (χ1) is 9.58. The number of hydrogen-bond donors (Lipinski definition) is 2. The molecule has 0 spiro atoms. The average molecular weight is 278 g/mol. The first kappa shape index (κ1) is 15.0. The molecule has 20 heavy (non-hydrogen) atoms. The average Bonchev–Trinajstić information content (AvgIpc) is 2.46. The molecule has 1 aromatic carbocycles. The van der Waals surface area contributed by atoms with E-state index in [9.17, 15) is 9.18 Å². The zero-order chi connectivity index (χ0) is 14.6. The first-order valence-electron chi connectivity index (χ1n) is 7.42. The Morgan fingerprint density at radius 1 is 1.30 bits per heavy atom. The summed E-state index contributed by atoms with van der Waals surface area (Å²) in [6, 6.07) is 6.37. The van der Waals surface area contributed by atoms with Gasteiger partial charge in [0.05, 0.1) is 0 Å². The highest BCUT2D eigenvalue weighted by Gasteiger charge is 2.38. The molecule has 1 atom stereocenters. The van der Waals surface area contributed by atoms with Gasteiger partial charge in [-0.15, -0.1) is 0 Å². The smallest absolute Gasteiger partial charge is 0.242 e. The minimum absolute atomic E-state index is 0.305. The number of hydrogen-bond acceptors (Lipinski definition) is 2. The highest BCUT2D eigenvalue weighted by atomic mass is 19.1. The van der Waals surface area contributed by atoms with Crippen molar-refractivity contribution in [1.29, 1.82) is 0 Å². The lowest BCUT2D eigenvalue weighted by atomic mass is 9.83. The predicted molar refractivity (Wildman–Crippen MR) is 77.6 cm³/mol. The molecular formula is C16H23FN2O. The lowest BCUT2D eigenvalue weighted by molar-refractivity contribution is -0.125. The van der Waals surface area contributed by atoms with Crippen molar-refractivity contribution >= 4 is 5.91 Å². The van der Waals surface area contributed by atoms with Crippen LogP contribution >= 0.6 is 0 Å². The predicted octanol–water partition coefficient (Wildman–Crippen LogP) is 2.84. The van der Waals surface area contributed by atoms with E-state index in [1.54, 1.807) is 12.1 Å². The summed E-state index contributed by atoms with van der Waals surface area (Å²) in [6.45, 7) is 1.93. The number of amides is 1. The highest BCUT2D eigenvalue weighted by Crippen LogP contribution is 2.29. The Bertz CT molecular complexity index is 454. The van der Waals surface area contributed by atoms with E-state index in [1.165, 1.54) is 31.4 Å².